The summed E-state index contributed by atoms with van der Waals surface area (Å²) in [7, 11) is 1.69. The third kappa shape index (κ3) is 2.71. The van der Waals surface area contributed by atoms with E-state index in [4.69, 9.17) is 10.5 Å². The zero-order chi connectivity index (χ0) is 13.0. The van der Waals surface area contributed by atoms with E-state index in [0.29, 0.717) is 6.61 Å². The van der Waals surface area contributed by atoms with E-state index in [-0.39, 0.29) is 18.0 Å². The zero-order valence-electron chi connectivity index (χ0n) is 10.7. The number of carbonyl (C=O) groups is 1. The molecule has 0 saturated carbocycles. The van der Waals surface area contributed by atoms with E-state index in [2.05, 4.69) is 17.0 Å². The van der Waals surface area contributed by atoms with Gasteiger partial charge in [0.15, 0.2) is 0 Å². The van der Waals surface area contributed by atoms with Gasteiger partial charge in [-0.25, -0.2) is 0 Å². The molecule has 1 saturated heterocycles. The molecule has 2 N–H and O–H groups in total. The molecule has 1 heterocycles. The topological polar surface area (TPSA) is 55.6 Å². The molecule has 1 aromatic carbocycles. The monoisotopic (exact) mass is 248 g/mol. The van der Waals surface area contributed by atoms with Gasteiger partial charge in [0.2, 0.25) is 5.91 Å². The van der Waals surface area contributed by atoms with E-state index in [1.165, 1.54) is 5.56 Å². The number of benzene rings is 1. The summed E-state index contributed by atoms with van der Waals surface area (Å²) < 4.78 is 5.31. The lowest BCUT2D eigenvalue weighted by atomic mass is 10.0. The fourth-order valence-electron chi connectivity index (χ4n) is 2.68. The average Bonchev–Trinajstić information content (AvgIpc) is 2.86. The molecule has 0 aromatic heterocycles. The van der Waals surface area contributed by atoms with Crippen LogP contribution in [-0.2, 0) is 9.53 Å². The smallest absolute Gasteiger partial charge is 0.234 e. The molecule has 1 amide bonds. The molecule has 0 bridgehead atoms. The molecule has 0 aliphatic carbocycles. The van der Waals surface area contributed by atoms with Gasteiger partial charge in [-0.3, -0.25) is 9.69 Å². The largest absolute Gasteiger partial charge is 0.383 e. The molecular formula is C14H20N2O2. The number of primary amides is 1. The number of likely N-dealkylation sites (tertiary alicyclic amines) is 1. The first-order valence-corrected chi connectivity index (χ1v) is 6.33. The summed E-state index contributed by atoms with van der Waals surface area (Å²) in [5.41, 5.74) is 6.65. The molecule has 2 atom stereocenters. The number of nitrogens with two attached hydrogens (primary N) is 1. The molecule has 1 aliphatic heterocycles. The predicted molar refractivity (Wildman–Crippen MR) is 70.0 cm³/mol. The van der Waals surface area contributed by atoms with Gasteiger partial charge >= 0.3 is 0 Å². The summed E-state index contributed by atoms with van der Waals surface area (Å²) >= 11 is 0. The lowest BCUT2D eigenvalue weighted by Crippen LogP contribution is -2.43. The molecule has 4 nitrogen and oxygen atoms in total. The fourth-order valence-corrected chi connectivity index (χ4v) is 2.68. The van der Waals surface area contributed by atoms with E-state index in [1.54, 1.807) is 7.11 Å². The van der Waals surface area contributed by atoms with Crippen LogP contribution in [0, 0.1) is 0 Å². The Balaban J connectivity index is 2.22. The lowest BCUT2D eigenvalue weighted by molar-refractivity contribution is -0.123. The van der Waals surface area contributed by atoms with Crippen molar-refractivity contribution in [3.05, 3.63) is 35.9 Å². The molecule has 0 radical (unpaired) electrons. The lowest BCUT2D eigenvalue weighted by Gasteiger charge is -2.31. The maximum atomic E-state index is 11.5. The summed E-state index contributed by atoms with van der Waals surface area (Å²) in [5, 5.41) is 0. The second-order valence-electron chi connectivity index (χ2n) is 4.68. The minimum Gasteiger partial charge on any atom is -0.383 e. The quantitative estimate of drug-likeness (QED) is 0.855. The van der Waals surface area contributed by atoms with Crippen LogP contribution in [-0.4, -0.2) is 37.1 Å². The van der Waals surface area contributed by atoms with Gasteiger partial charge in [-0.1, -0.05) is 30.3 Å². The molecule has 2 rings (SSSR count). The van der Waals surface area contributed by atoms with E-state index in [9.17, 15) is 4.79 Å². The molecular weight excluding hydrogens is 228 g/mol. The van der Waals surface area contributed by atoms with Crippen molar-refractivity contribution in [2.45, 2.75) is 24.9 Å². The van der Waals surface area contributed by atoms with Crippen LogP contribution in [0.25, 0.3) is 0 Å². The second kappa shape index (κ2) is 5.98. The van der Waals surface area contributed by atoms with Gasteiger partial charge in [-0.15, -0.1) is 0 Å². The van der Waals surface area contributed by atoms with Crippen LogP contribution >= 0.6 is 0 Å². The first-order chi connectivity index (χ1) is 8.74. The van der Waals surface area contributed by atoms with Gasteiger partial charge < -0.3 is 10.5 Å². The summed E-state index contributed by atoms with van der Waals surface area (Å²) in [6.07, 6.45) is 1.86. The van der Waals surface area contributed by atoms with Crippen LogP contribution in [0.4, 0.5) is 0 Å². The summed E-state index contributed by atoms with van der Waals surface area (Å²) in [6, 6.07) is 10.1. The average molecular weight is 248 g/mol. The molecule has 98 valence electrons. The molecule has 1 aliphatic rings. The van der Waals surface area contributed by atoms with Crippen LogP contribution in [0.2, 0.25) is 0 Å². The minimum absolute atomic E-state index is 0.108. The number of hydrogen-bond donors (Lipinski definition) is 1. The Kier molecular flexibility index (Phi) is 4.33. The van der Waals surface area contributed by atoms with Crippen molar-refractivity contribution in [3.63, 3.8) is 0 Å². The Hall–Kier alpha value is -1.39. The Morgan fingerprint density at radius 3 is 2.83 bits per heavy atom. The number of nitrogens with zero attached hydrogens (tertiary/aromatic N) is 1. The zero-order valence-corrected chi connectivity index (χ0v) is 10.7. The van der Waals surface area contributed by atoms with E-state index in [0.717, 1.165) is 19.4 Å². The summed E-state index contributed by atoms with van der Waals surface area (Å²) in [4.78, 5) is 13.7. The fraction of sp³-hybridized carbons (Fsp3) is 0.500. The molecule has 4 heteroatoms. The molecule has 0 spiro atoms. The van der Waals surface area contributed by atoms with Gasteiger partial charge in [0.05, 0.1) is 18.7 Å². The van der Waals surface area contributed by atoms with Crippen molar-refractivity contribution in [3.8, 4) is 0 Å². The first kappa shape index (κ1) is 13.1. The Morgan fingerprint density at radius 2 is 2.22 bits per heavy atom. The normalized spacial score (nSPS) is 21.9. The maximum absolute atomic E-state index is 11.5. The van der Waals surface area contributed by atoms with Crippen molar-refractivity contribution in [1.82, 2.24) is 4.90 Å². The number of ether oxygens (including phenoxy) is 1. The molecule has 1 fully saturated rings. The number of hydrogen-bond acceptors (Lipinski definition) is 3. The Morgan fingerprint density at radius 1 is 1.50 bits per heavy atom. The van der Waals surface area contributed by atoms with Crippen LogP contribution < -0.4 is 5.73 Å². The van der Waals surface area contributed by atoms with Gasteiger partial charge in [-0.2, -0.15) is 0 Å². The van der Waals surface area contributed by atoms with Gasteiger partial charge in [0.1, 0.15) is 0 Å². The van der Waals surface area contributed by atoms with Crippen molar-refractivity contribution in [1.29, 1.82) is 0 Å². The van der Waals surface area contributed by atoms with Gasteiger partial charge in [0, 0.05) is 7.11 Å². The molecule has 18 heavy (non-hydrogen) atoms. The number of rotatable bonds is 5. The molecule has 1 aromatic rings. The van der Waals surface area contributed by atoms with E-state index in [1.807, 2.05) is 18.2 Å². The van der Waals surface area contributed by atoms with Crippen molar-refractivity contribution in [2.24, 2.45) is 5.73 Å². The van der Waals surface area contributed by atoms with Crippen molar-refractivity contribution in [2.75, 3.05) is 20.3 Å². The highest BCUT2D eigenvalue weighted by atomic mass is 16.5. The third-order valence-electron chi connectivity index (χ3n) is 3.53. The highest BCUT2D eigenvalue weighted by Crippen LogP contribution is 2.29. The second-order valence-corrected chi connectivity index (χ2v) is 4.68. The van der Waals surface area contributed by atoms with Gasteiger partial charge in [0.25, 0.3) is 0 Å². The molecule has 1 unspecified atom stereocenters. The highest BCUT2D eigenvalue weighted by molar-refractivity contribution is 5.80. The Bertz CT molecular complexity index is 394. The minimum atomic E-state index is -0.232. The summed E-state index contributed by atoms with van der Waals surface area (Å²) in [5.74, 6) is -0.232. The number of amides is 1. The SMILES string of the molecule is COC[C@H](c1ccccc1)N1CCCC1C(N)=O. The predicted octanol–water partition coefficient (Wildman–Crippen LogP) is 1.32. The van der Waals surface area contributed by atoms with Crippen LogP contribution in [0.15, 0.2) is 30.3 Å². The third-order valence-corrected chi connectivity index (χ3v) is 3.53. The Labute approximate surface area is 108 Å². The maximum Gasteiger partial charge on any atom is 0.234 e. The van der Waals surface area contributed by atoms with Crippen LogP contribution in [0.3, 0.4) is 0 Å². The van der Waals surface area contributed by atoms with E-state index < -0.39 is 0 Å². The first-order valence-electron chi connectivity index (χ1n) is 6.33. The van der Waals surface area contributed by atoms with Crippen LogP contribution in [0.5, 0.6) is 0 Å². The number of carbonyl (C=O) groups excluding carboxylic acids is 1. The highest BCUT2D eigenvalue weighted by Gasteiger charge is 2.34. The summed E-state index contributed by atoms with van der Waals surface area (Å²) in [6.45, 7) is 1.48. The van der Waals surface area contributed by atoms with E-state index >= 15 is 0 Å². The van der Waals surface area contributed by atoms with Crippen LogP contribution in [0.1, 0.15) is 24.4 Å². The standard InChI is InChI=1S/C14H20N2O2/c1-18-10-13(11-6-3-2-4-7-11)16-9-5-8-12(16)14(15)17/h2-4,6-7,12-13H,5,8-10H2,1H3,(H2,15,17)/t12?,13-/m1/s1. The van der Waals surface area contributed by atoms with Crippen molar-refractivity contribution < 1.29 is 9.53 Å². The van der Waals surface area contributed by atoms with Gasteiger partial charge in [-0.05, 0) is 24.9 Å². The number of methoxy groups -OCH3 is 1. The van der Waals surface area contributed by atoms with Crippen molar-refractivity contribution >= 4 is 5.91 Å².